The number of nitrogens with zero attached hydrogens (tertiary/aromatic N) is 1. The number of amides is 1. The van der Waals surface area contributed by atoms with Crippen LogP contribution in [-0.4, -0.2) is 22.5 Å². The summed E-state index contributed by atoms with van der Waals surface area (Å²) in [4.78, 5) is 28.3. The van der Waals surface area contributed by atoms with Crippen LogP contribution in [0.1, 0.15) is 39.4 Å². The lowest BCUT2D eigenvalue weighted by Gasteiger charge is -2.27. The van der Waals surface area contributed by atoms with E-state index in [-0.39, 0.29) is 23.3 Å². The Morgan fingerprint density at radius 3 is 2.35 bits per heavy atom. The molecule has 0 aliphatic carbocycles. The fourth-order valence-corrected chi connectivity index (χ4v) is 4.30. The monoisotopic (exact) mass is 431 g/mol. The van der Waals surface area contributed by atoms with E-state index in [4.69, 9.17) is 16.0 Å². The van der Waals surface area contributed by atoms with E-state index < -0.39 is 18.1 Å². The van der Waals surface area contributed by atoms with Gasteiger partial charge in [-0.1, -0.05) is 72.3 Å². The zero-order valence-electron chi connectivity index (χ0n) is 16.4. The van der Waals surface area contributed by atoms with Crippen molar-refractivity contribution in [2.75, 3.05) is 6.54 Å². The van der Waals surface area contributed by atoms with Crippen molar-refractivity contribution in [2.24, 2.45) is 0 Å². The number of fused-ring (bicyclic) bond motifs is 2. The molecule has 0 bridgehead atoms. The highest BCUT2D eigenvalue weighted by atomic mass is 35.5. The normalized spacial score (nSPS) is 16.5. The maximum atomic E-state index is 13.4. The molecule has 2 atom stereocenters. The summed E-state index contributed by atoms with van der Waals surface area (Å²) in [6.07, 6.45) is -0.912. The van der Waals surface area contributed by atoms with Gasteiger partial charge in [-0.2, -0.15) is 0 Å². The van der Waals surface area contributed by atoms with E-state index in [1.165, 1.54) is 4.90 Å². The molecule has 5 rings (SSSR count). The molecule has 1 aliphatic heterocycles. The molecule has 3 aromatic carbocycles. The Morgan fingerprint density at radius 1 is 0.968 bits per heavy atom. The summed E-state index contributed by atoms with van der Waals surface area (Å²) < 4.78 is 5.89. The highest BCUT2D eigenvalue weighted by Crippen LogP contribution is 2.39. The second-order valence-electron chi connectivity index (χ2n) is 7.51. The Labute approximate surface area is 183 Å². The molecule has 6 heteroatoms. The van der Waals surface area contributed by atoms with Crippen molar-refractivity contribution >= 4 is 28.5 Å². The molecule has 0 spiro atoms. The summed E-state index contributed by atoms with van der Waals surface area (Å²) in [6, 6.07) is 22.5. The summed E-state index contributed by atoms with van der Waals surface area (Å²) in [6.45, 7) is 0.0170. The first kappa shape index (κ1) is 19.5. The van der Waals surface area contributed by atoms with Crippen LogP contribution in [0.3, 0.4) is 0 Å². The Morgan fingerprint density at radius 2 is 1.65 bits per heavy atom. The number of aliphatic hydroxyl groups is 1. The van der Waals surface area contributed by atoms with E-state index in [1.807, 2.05) is 48.5 Å². The maximum absolute atomic E-state index is 13.4. The van der Waals surface area contributed by atoms with Gasteiger partial charge in [-0.05, 0) is 29.3 Å². The fourth-order valence-electron chi connectivity index (χ4n) is 4.13. The smallest absolute Gasteiger partial charge is 0.291 e. The predicted octanol–water partition coefficient (Wildman–Crippen LogP) is 4.73. The number of aliphatic hydroxyl groups excluding tert-OH is 1. The lowest BCUT2D eigenvalue weighted by atomic mass is 9.98. The first-order valence-electron chi connectivity index (χ1n) is 9.90. The zero-order valence-corrected chi connectivity index (χ0v) is 17.1. The quantitative estimate of drug-likeness (QED) is 0.507. The molecule has 4 aromatic rings. The number of halogens is 1. The average molecular weight is 432 g/mol. The number of hydrogen-bond donors (Lipinski definition) is 1. The van der Waals surface area contributed by atoms with Gasteiger partial charge in [-0.15, -0.1) is 0 Å². The third kappa shape index (κ3) is 3.32. The van der Waals surface area contributed by atoms with Crippen molar-refractivity contribution in [3.8, 4) is 0 Å². The maximum Gasteiger partial charge on any atom is 0.291 e. The Bertz CT molecular complexity index is 1330. The van der Waals surface area contributed by atoms with Crippen LogP contribution < -0.4 is 5.43 Å². The fraction of sp³-hybridized carbons (Fsp3) is 0.120. The van der Waals surface area contributed by atoms with Gasteiger partial charge in [0.05, 0.1) is 29.6 Å². The molecule has 1 aromatic heterocycles. The lowest BCUT2D eigenvalue weighted by Crippen LogP contribution is -2.33. The SMILES string of the molecule is O=C1c2oc3ccc(Cl)cc3c(=O)c2[C@@H](c2ccccc2)N1C[C@H](O)c1ccccc1. The van der Waals surface area contributed by atoms with Gasteiger partial charge in [0.15, 0.2) is 5.43 Å². The van der Waals surface area contributed by atoms with Gasteiger partial charge in [-0.3, -0.25) is 9.59 Å². The van der Waals surface area contributed by atoms with Gasteiger partial charge in [0.2, 0.25) is 5.76 Å². The minimum absolute atomic E-state index is 0.00828. The topological polar surface area (TPSA) is 70.8 Å². The molecule has 1 N–H and O–H groups in total. The van der Waals surface area contributed by atoms with E-state index >= 15 is 0 Å². The van der Waals surface area contributed by atoms with E-state index in [2.05, 4.69) is 0 Å². The van der Waals surface area contributed by atoms with Crippen LogP contribution in [0.4, 0.5) is 0 Å². The molecular weight excluding hydrogens is 414 g/mol. The number of β-amino-alcohol motifs (C(OH)–C–C–N with tert-alkyl or cyclic N) is 1. The Kier molecular flexibility index (Phi) is 4.85. The zero-order chi connectivity index (χ0) is 21.5. The van der Waals surface area contributed by atoms with E-state index in [0.29, 0.717) is 21.6 Å². The van der Waals surface area contributed by atoms with E-state index in [1.54, 1.807) is 30.3 Å². The van der Waals surface area contributed by atoms with Crippen molar-refractivity contribution < 1.29 is 14.3 Å². The van der Waals surface area contributed by atoms with Gasteiger partial charge in [-0.25, -0.2) is 0 Å². The molecule has 0 radical (unpaired) electrons. The number of hydrogen-bond acceptors (Lipinski definition) is 4. The van der Waals surface area contributed by atoms with Gasteiger partial charge in [0.1, 0.15) is 5.58 Å². The highest BCUT2D eigenvalue weighted by Gasteiger charge is 2.43. The summed E-state index contributed by atoms with van der Waals surface area (Å²) in [7, 11) is 0. The second kappa shape index (κ2) is 7.69. The molecule has 154 valence electrons. The molecule has 1 amide bonds. The first-order chi connectivity index (χ1) is 15.0. The minimum atomic E-state index is -0.912. The van der Waals surface area contributed by atoms with Gasteiger partial charge in [0.25, 0.3) is 5.91 Å². The van der Waals surface area contributed by atoms with E-state index in [9.17, 15) is 14.7 Å². The molecule has 0 saturated carbocycles. The second-order valence-corrected chi connectivity index (χ2v) is 7.95. The molecule has 0 fully saturated rings. The van der Waals surface area contributed by atoms with E-state index in [0.717, 1.165) is 5.56 Å². The molecular formula is C25H18ClNO4. The number of carbonyl (C=O) groups is 1. The standard InChI is InChI=1S/C25H18ClNO4/c26-17-11-12-20-18(13-17)23(29)21-22(16-9-5-2-6-10-16)27(25(30)24(21)31-20)14-19(28)15-7-3-1-4-8-15/h1-13,19,22,28H,14H2/t19-,22+/m0/s1. The molecule has 31 heavy (non-hydrogen) atoms. The average Bonchev–Trinajstić information content (AvgIpc) is 3.07. The largest absolute Gasteiger partial charge is 0.450 e. The number of carbonyl (C=O) groups excluding carboxylic acids is 1. The Balaban J connectivity index is 1.67. The molecule has 5 nitrogen and oxygen atoms in total. The Hall–Kier alpha value is -3.41. The van der Waals surface area contributed by atoms with Crippen molar-refractivity contribution in [1.29, 1.82) is 0 Å². The lowest BCUT2D eigenvalue weighted by molar-refractivity contribution is 0.0583. The minimum Gasteiger partial charge on any atom is -0.450 e. The molecule has 0 unspecified atom stereocenters. The third-order valence-electron chi connectivity index (χ3n) is 5.60. The number of rotatable bonds is 4. The summed E-state index contributed by atoms with van der Waals surface area (Å²) >= 11 is 6.10. The van der Waals surface area contributed by atoms with Crippen LogP contribution in [0.25, 0.3) is 11.0 Å². The summed E-state index contributed by atoms with van der Waals surface area (Å²) in [5.41, 5.74) is 1.74. The van der Waals surface area contributed by atoms with Crippen LogP contribution >= 0.6 is 11.6 Å². The number of benzene rings is 3. The van der Waals surface area contributed by atoms with Crippen LogP contribution in [0.5, 0.6) is 0 Å². The van der Waals surface area contributed by atoms with Crippen molar-refractivity contribution in [2.45, 2.75) is 12.1 Å². The summed E-state index contributed by atoms with van der Waals surface area (Å²) in [5.74, 6) is -0.415. The van der Waals surface area contributed by atoms with Crippen LogP contribution in [0, 0.1) is 0 Å². The summed E-state index contributed by atoms with van der Waals surface area (Å²) in [5, 5.41) is 11.6. The van der Waals surface area contributed by atoms with Crippen molar-refractivity contribution in [3.05, 3.63) is 117 Å². The van der Waals surface area contributed by atoms with Crippen LogP contribution in [-0.2, 0) is 0 Å². The van der Waals surface area contributed by atoms with Gasteiger partial charge in [0, 0.05) is 5.02 Å². The third-order valence-corrected chi connectivity index (χ3v) is 5.83. The highest BCUT2D eigenvalue weighted by molar-refractivity contribution is 6.31. The van der Waals surface area contributed by atoms with Crippen LogP contribution in [0.2, 0.25) is 5.02 Å². The van der Waals surface area contributed by atoms with Gasteiger partial charge >= 0.3 is 0 Å². The van der Waals surface area contributed by atoms with Crippen molar-refractivity contribution in [1.82, 2.24) is 4.90 Å². The molecule has 0 saturated heterocycles. The molecule has 1 aliphatic rings. The first-order valence-corrected chi connectivity index (χ1v) is 10.3. The molecule has 2 heterocycles. The van der Waals surface area contributed by atoms with Crippen LogP contribution in [0.15, 0.2) is 88.1 Å². The van der Waals surface area contributed by atoms with Gasteiger partial charge < -0.3 is 14.4 Å². The van der Waals surface area contributed by atoms with Crippen molar-refractivity contribution in [3.63, 3.8) is 0 Å². The predicted molar refractivity (Wildman–Crippen MR) is 118 cm³/mol.